The largest absolute Gasteiger partial charge is 0.507 e. The summed E-state index contributed by atoms with van der Waals surface area (Å²) in [5, 5.41) is 20.5. The van der Waals surface area contributed by atoms with Crippen molar-refractivity contribution in [1.29, 1.82) is 0 Å². The minimum absolute atomic E-state index is 0.0813. The maximum absolute atomic E-state index is 13.0. The van der Waals surface area contributed by atoms with Gasteiger partial charge in [-0.15, -0.1) is 0 Å². The molecule has 0 aliphatic rings. The van der Waals surface area contributed by atoms with Gasteiger partial charge in [-0.2, -0.15) is 0 Å². The first-order chi connectivity index (χ1) is 9.47. The number of phenolic OH excluding ortho intramolecular Hbond substituents is 1. The van der Waals surface area contributed by atoms with Gasteiger partial charge in [0.05, 0.1) is 12.1 Å². The molecule has 0 unspecified atom stereocenters. The van der Waals surface area contributed by atoms with Crippen LogP contribution in [-0.2, 0) is 6.54 Å². The lowest BCUT2D eigenvalue weighted by molar-refractivity contribution is 0.0660. The van der Waals surface area contributed by atoms with E-state index in [1.165, 1.54) is 12.1 Å². The summed E-state index contributed by atoms with van der Waals surface area (Å²) in [6.45, 7) is -0.0813. The van der Waals surface area contributed by atoms with Crippen LogP contribution in [0.2, 0.25) is 0 Å². The summed E-state index contributed by atoms with van der Waals surface area (Å²) in [5.41, 5.74) is -0.213. The fraction of sp³-hybridized carbons (Fsp3) is 0.0769. The molecule has 0 spiro atoms. The van der Waals surface area contributed by atoms with E-state index >= 15 is 0 Å². The third kappa shape index (κ3) is 2.94. The monoisotopic (exact) mass is 279 g/mol. The number of halogens is 1. The van der Waals surface area contributed by atoms with Crippen LogP contribution in [0, 0.1) is 5.82 Å². The highest BCUT2D eigenvalue weighted by atomic mass is 19.1. The van der Waals surface area contributed by atoms with Crippen LogP contribution in [0.3, 0.4) is 0 Å². The van der Waals surface area contributed by atoms with E-state index < -0.39 is 17.7 Å². The zero-order valence-electron chi connectivity index (χ0n) is 10.1. The Balaban J connectivity index is 2.04. The summed E-state index contributed by atoms with van der Waals surface area (Å²) in [7, 11) is 0. The highest BCUT2D eigenvalue weighted by molar-refractivity contribution is 5.96. The Bertz CT molecular complexity index is 665. The number of amides is 1. The van der Waals surface area contributed by atoms with Crippen molar-refractivity contribution in [1.82, 2.24) is 5.32 Å². The normalized spacial score (nSPS) is 10.2. The molecule has 0 fully saturated rings. The van der Waals surface area contributed by atoms with Gasteiger partial charge >= 0.3 is 5.97 Å². The summed E-state index contributed by atoms with van der Waals surface area (Å²) in [5.74, 6) is -2.94. The van der Waals surface area contributed by atoms with E-state index in [1.807, 2.05) is 0 Å². The summed E-state index contributed by atoms with van der Waals surface area (Å²) >= 11 is 0. The molecule has 104 valence electrons. The number of rotatable bonds is 4. The molecule has 2 aromatic rings. The number of hydrogen-bond donors (Lipinski definition) is 3. The zero-order chi connectivity index (χ0) is 14.7. The molecule has 0 aliphatic carbocycles. The van der Waals surface area contributed by atoms with Crippen molar-refractivity contribution in [2.24, 2.45) is 0 Å². The maximum Gasteiger partial charge on any atom is 0.371 e. The quantitative estimate of drug-likeness (QED) is 0.791. The van der Waals surface area contributed by atoms with Crippen molar-refractivity contribution < 1.29 is 28.6 Å². The molecule has 0 saturated carbocycles. The van der Waals surface area contributed by atoms with Crippen molar-refractivity contribution >= 4 is 11.9 Å². The topological polar surface area (TPSA) is 99.8 Å². The molecule has 20 heavy (non-hydrogen) atoms. The first kappa shape index (κ1) is 13.6. The predicted molar refractivity (Wildman–Crippen MR) is 64.9 cm³/mol. The second-order valence-corrected chi connectivity index (χ2v) is 3.92. The number of carbonyl (C=O) groups excluding carboxylic acids is 1. The summed E-state index contributed by atoms with van der Waals surface area (Å²) < 4.78 is 17.9. The Morgan fingerprint density at radius 2 is 2.00 bits per heavy atom. The van der Waals surface area contributed by atoms with E-state index in [-0.39, 0.29) is 29.4 Å². The molecular formula is C13H10FNO5. The van der Waals surface area contributed by atoms with E-state index in [9.17, 15) is 19.1 Å². The van der Waals surface area contributed by atoms with Gasteiger partial charge in [0, 0.05) is 0 Å². The Morgan fingerprint density at radius 1 is 1.25 bits per heavy atom. The minimum Gasteiger partial charge on any atom is -0.507 e. The Kier molecular flexibility index (Phi) is 3.69. The van der Waals surface area contributed by atoms with Crippen LogP contribution in [-0.4, -0.2) is 22.1 Å². The number of aromatic carboxylic acids is 1. The first-order valence-corrected chi connectivity index (χ1v) is 5.56. The molecular weight excluding hydrogens is 269 g/mol. The van der Waals surface area contributed by atoms with E-state index in [2.05, 4.69) is 5.32 Å². The van der Waals surface area contributed by atoms with Gasteiger partial charge in [0.15, 0.2) is 0 Å². The fourth-order valence-electron chi connectivity index (χ4n) is 1.54. The van der Waals surface area contributed by atoms with Crippen molar-refractivity contribution in [2.75, 3.05) is 0 Å². The molecule has 0 bridgehead atoms. The third-order valence-corrected chi connectivity index (χ3v) is 2.50. The number of hydrogen-bond acceptors (Lipinski definition) is 4. The summed E-state index contributed by atoms with van der Waals surface area (Å²) in [6, 6.07) is 5.64. The molecule has 1 amide bonds. The number of benzene rings is 1. The smallest absolute Gasteiger partial charge is 0.371 e. The number of aromatic hydroxyl groups is 1. The van der Waals surface area contributed by atoms with Crippen molar-refractivity contribution in [3.63, 3.8) is 0 Å². The van der Waals surface area contributed by atoms with E-state index in [1.54, 1.807) is 0 Å². The number of carboxylic acids is 1. The van der Waals surface area contributed by atoms with Gasteiger partial charge in [-0.05, 0) is 30.3 Å². The van der Waals surface area contributed by atoms with E-state index in [0.717, 1.165) is 18.2 Å². The molecule has 7 heteroatoms. The molecule has 0 aliphatic heterocycles. The van der Waals surface area contributed by atoms with Crippen molar-refractivity contribution in [3.8, 4) is 5.75 Å². The van der Waals surface area contributed by atoms with Crippen molar-refractivity contribution in [3.05, 3.63) is 53.2 Å². The van der Waals surface area contributed by atoms with Gasteiger partial charge in [-0.3, -0.25) is 4.79 Å². The van der Waals surface area contributed by atoms with Gasteiger partial charge in [0.2, 0.25) is 5.76 Å². The third-order valence-electron chi connectivity index (χ3n) is 2.50. The maximum atomic E-state index is 13.0. The van der Waals surface area contributed by atoms with E-state index in [0.29, 0.717) is 0 Å². The highest BCUT2D eigenvalue weighted by Gasteiger charge is 2.14. The van der Waals surface area contributed by atoms with Crippen LogP contribution < -0.4 is 5.32 Å². The Labute approximate surface area is 112 Å². The Morgan fingerprint density at radius 3 is 2.65 bits per heavy atom. The molecule has 1 heterocycles. The molecule has 0 saturated heterocycles. The van der Waals surface area contributed by atoms with Gasteiger partial charge in [0.25, 0.3) is 5.91 Å². The summed E-state index contributed by atoms with van der Waals surface area (Å²) in [6.07, 6.45) is 0. The molecule has 0 radical (unpaired) electrons. The molecule has 2 rings (SSSR count). The highest BCUT2D eigenvalue weighted by Crippen LogP contribution is 2.17. The van der Waals surface area contributed by atoms with Crippen LogP contribution in [0.25, 0.3) is 0 Å². The van der Waals surface area contributed by atoms with Crippen LogP contribution >= 0.6 is 0 Å². The van der Waals surface area contributed by atoms with Gasteiger partial charge in [-0.25, -0.2) is 9.18 Å². The lowest BCUT2D eigenvalue weighted by atomic mass is 10.2. The van der Waals surface area contributed by atoms with Gasteiger partial charge in [0.1, 0.15) is 17.3 Å². The van der Waals surface area contributed by atoms with Crippen molar-refractivity contribution in [2.45, 2.75) is 6.54 Å². The Hall–Kier alpha value is -2.83. The van der Waals surface area contributed by atoms with Gasteiger partial charge < -0.3 is 19.9 Å². The molecule has 0 atom stereocenters. The number of phenols is 1. The van der Waals surface area contributed by atoms with Crippen LogP contribution in [0.4, 0.5) is 4.39 Å². The lowest BCUT2D eigenvalue weighted by Crippen LogP contribution is -2.22. The SMILES string of the molecule is O=C(O)c1ccc(CNC(=O)c2cc(F)ccc2O)o1. The van der Waals surface area contributed by atoms with Gasteiger partial charge in [-0.1, -0.05) is 0 Å². The van der Waals surface area contributed by atoms with E-state index in [4.69, 9.17) is 9.52 Å². The fourth-order valence-corrected chi connectivity index (χ4v) is 1.54. The summed E-state index contributed by atoms with van der Waals surface area (Å²) in [4.78, 5) is 22.3. The zero-order valence-corrected chi connectivity index (χ0v) is 10.1. The predicted octanol–water partition coefficient (Wildman–Crippen LogP) is 1.75. The molecule has 1 aromatic carbocycles. The number of nitrogens with one attached hydrogen (secondary N) is 1. The molecule has 6 nitrogen and oxygen atoms in total. The second-order valence-electron chi connectivity index (χ2n) is 3.92. The number of furan rings is 1. The average Bonchev–Trinajstić information content (AvgIpc) is 2.88. The second kappa shape index (κ2) is 5.43. The van der Waals surface area contributed by atoms with Crippen LogP contribution in [0.5, 0.6) is 5.75 Å². The molecule has 1 aromatic heterocycles. The first-order valence-electron chi connectivity index (χ1n) is 5.56. The number of carbonyl (C=O) groups is 2. The molecule has 3 N–H and O–H groups in total. The standard InChI is InChI=1S/C13H10FNO5/c14-7-1-3-10(16)9(5-7)12(17)15-6-8-2-4-11(20-8)13(18)19/h1-5,16H,6H2,(H,15,17)(H,18,19). The number of carboxylic acid groups (broad SMARTS) is 1. The lowest BCUT2D eigenvalue weighted by Gasteiger charge is -2.05. The van der Waals surface area contributed by atoms with Crippen LogP contribution in [0.15, 0.2) is 34.7 Å². The minimum atomic E-state index is -1.22. The average molecular weight is 279 g/mol. The van der Waals surface area contributed by atoms with Crippen LogP contribution in [0.1, 0.15) is 26.7 Å².